The monoisotopic (exact) mass is 401 g/mol. The number of nitrogens with one attached hydrogen (secondary N) is 1. The van der Waals surface area contributed by atoms with E-state index < -0.39 is 24.2 Å². The maximum absolute atomic E-state index is 13.7. The average molecular weight is 401 g/mol. The fourth-order valence-corrected chi connectivity index (χ4v) is 3.43. The molecule has 1 aliphatic rings. The highest BCUT2D eigenvalue weighted by atomic mass is 19.4. The van der Waals surface area contributed by atoms with Crippen LogP contribution in [-0.2, 0) is 6.18 Å². The Hall–Kier alpha value is -2.45. The Kier molecular flexibility index (Phi) is 5.20. The zero-order valence-electron chi connectivity index (χ0n) is 15.5. The van der Waals surface area contributed by atoms with Crippen molar-refractivity contribution in [3.63, 3.8) is 0 Å². The van der Waals surface area contributed by atoms with Crippen LogP contribution in [0.15, 0.2) is 23.0 Å². The van der Waals surface area contributed by atoms with Gasteiger partial charge in [0.2, 0.25) is 5.92 Å². The molecule has 28 heavy (non-hydrogen) atoms. The molecule has 2 aromatic heterocycles. The van der Waals surface area contributed by atoms with E-state index in [1.54, 1.807) is 6.92 Å². The van der Waals surface area contributed by atoms with Crippen LogP contribution in [0, 0.1) is 13.8 Å². The van der Waals surface area contributed by atoms with E-state index in [9.17, 15) is 26.7 Å². The molecule has 3 rings (SSSR count). The van der Waals surface area contributed by atoms with Gasteiger partial charge < -0.3 is 9.88 Å². The van der Waals surface area contributed by atoms with Gasteiger partial charge in [-0.15, -0.1) is 0 Å². The molecule has 9 heteroatoms. The van der Waals surface area contributed by atoms with E-state index in [0.29, 0.717) is 11.4 Å². The Morgan fingerprint density at radius 1 is 1.11 bits per heavy atom. The molecule has 152 valence electrons. The highest BCUT2D eigenvalue weighted by Crippen LogP contribution is 2.38. The van der Waals surface area contributed by atoms with Crippen molar-refractivity contribution in [1.82, 2.24) is 9.97 Å². The molecular weight excluding hydrogens is 381 g/mol. The molecular formula is C19H20F5N3O. The first-order valence-corrected chi connectivity index (χ1v) is 8.89. The summed E-state index contributed by atoms with van der Waals surface area (Å²) in [5.41, 5.74) is -0.339. The van der Waals surface area contributed by atoms with Crippen molar-refractivity contribution < 1.29 is 22.0 Å². The molecule has 0 bridgehead atoms. The minimum absolute atomic E-state index is 0.0446. The number of aromatic nitrogens is 2. The Morgan fingerprint density at radius 2 is 1.82 bits per heavy atom. The lowest BCUT2D eigenvalue weighted by molar-refractivity contribution is -0.141. The first-order chi connectivity index (χ1) is 13.0. The predicted octanol–water partition coefficient (Wildman–Crippen LogP) is 4.70. The van der Waals surface area contributed by atoms with Crippen LogP contribution in [0.5, 0.6) is 0 Å². The second-order valence-corrected chi connectivity index (χ2v) is 7.13. The number of halogens is 5. The number of pyridine rings is 2. The molecule has 0 spiro atoms. The first-order valence-electron chi connectivity index (χ1n) is 8.89. The molecule has 1 aliphatic heterocycles. The second-order valence-electron chi connectivity index (χ2n) is 7.13. The number of aryl methyl sites for hydroxylation is 2. The van der Waals surface area contributed by atoms with E-state index in [2.05, 4.69) is 9.97 Å². The van der Waals surface area contributed by atoms with Crippen LogP contribution in [0.1, 0.15) is 36.2 Å². The van der Waals surface area contributed by atoms with E-state index in [-0.39, 0.29) is 48.3 Å². The lowest BCUT2D eigenvalue weighted by atomic mass is 10.1. The fourth-order valence-electron chi connectivity index (χ4n) is 3.43. The summed E-state index contributed by atoms with van der Waals surface area (Å²) in [5.74, 6) is -2.90. The van der Waals surface area contributed by atoms with Gasteiger partial charge in [0.25, 0.3) is 0 Å². The van der Waals surface area contributed by atoms with Crippen molar-refractivity contribution in [2.75, 3.05) is 18.0 Å². The second kappa shape index (κ2) is 7.18. The van der Waals surface area contributed by atoms with Crippen LogP contribution in [0.3, 0.4) is 0 Å². The Balaban J connectivity index is 2.18. The smallest absolute Gasteiger partial charge is 0.358 e. The molecule has 4 nitrogen and oxygen atoms in total. The van der Waals surface area contributed by atoms with Crippen LogP contribution >= 0.6 is 0 Å². The number of rotatable bonds is 2. The molecule has 3 heterocycles. The summed E-state index contributed by atoms with van der Waals surface area (Å²) in [6, 6.07) is 3.94. The van der Waals surface area contributed by atoms with E-state index in [1.165, 1.54) is 30.0 Å². The number of hydrogen-bond acceptors (Lipinski definition) is 3. The van der Waals surface area contributed by atoms with Gasteiger partial charge in [0, 0.05) is 49.3 Å². The van der Waals surface area contributed by atoms with E-state index in [1.807, 2.05) is 0 Å². The number of aromatic amines is 1. The molecule has 0 radical (unpaired) electrons. The van der Waals surface area contributed by atoms with E-state index in [4.69, 9.17) is 0 Å². The topological polar surface area (TPSA) is 49.0 Å². The highest BCUT2D eigenvalue weighted by Gasteiger charge is 2.37. The first kappa shape index (κ1) is 20.3. The average Bonchev–Trinajstić information content (AvgIpc) is 2.73. The Morgan fingerprint density at radius 3 is 2.46 bits per heavy atom. The van der Waals surface area contributed by atoms with Crippen molar-refractivity contribution in [3.8, 4) is 11.3 Å². The number of H-pyrrole nitrogens is 1. The Bertz CT molecular complexity index is 936. The molecule has 0 aromatic carbocycles. The van der Waals surface area contributed by atoms with Crippen LogP contribution in [0.2, 0.25) is 0 Å². The summed E-state index contributed by atoms with van der Waals surface area (Å²) in [4.78, 5) is 20.1. The van der Waals surface area contributed by atoms with Crippen molar-refractivity contribution in [3.05, 3.63) is 45.4 Å². The van der Waals surface area contributed by atoms with E-state index in [0.717, 1.165) is 0 Å². The SMILES string of the molecule is Cc1cc(=O)cc(-c2cc(C)c(C(F)(F)F)nc2N2CCCC(F)(F)CC2)[nH]1. The quantitative estimate of drug-likeness (QED) is 0.743. The summed E-state index contributed by atoms with van der Waals surface area (Å²) in [7, 11) is 0. The number of hydrogen-bond donors (Lipinski definition) is 1. The minimum atomic E-state index is -4.67. The summed E-state index contributed by atoms with van der Waals surface area (Å²) in [6.07, 6.45) is -5.33. The van der Waals surface area contributed by atoms with Gasteiger partial charge in [0.1, 0.15) is 11.5 Å². The molecule has 0 saturated carbocycles. The van der Waals surface area contributed by atoms with Gasteiger partial charge in [-0.2, -0.15) is 13.2 Å². The van der Waals surface area contributed by atoms with Gasteiger partial charge in [0.15, 0.2) is 5.43 Å². The Labute approximate surface area is 158 Å². The largest absolute Gasteiger partial charge is 0.433 e. The molecule has 0 amide bonds. The summed E-state index contributed by atoms with van der Waals surface area (Å²) < 4.78 is 67.7. The summed E-state index contributed by atoms with van der Waals surface area (Å²) in [5, 5.41) is 0. The standard InChI is InChI=1S/C19H20F5N3O/c1-11-8-14(15-10-13(28)9-12(2)25-15)17(26-16(11)19(22,23)24)27-6-3-4-18(20,21)5-7-27/h8-10H,3-7H2,1-2H3,(H,25,28). The van der Waals surface area contributed by atoms with Gasteiger partial charge >= 0.3 is 6.18 Å². The molecule has 2 aromatic rings. The minimum Gasteiger partial charge on any atom is -0.358 e. The molecule has 0 aliphatic carbocycles. The lowest BCUT2D eigenvalue weighted by Crippen LogP contribution is -2.28. The van der Waals surface area contributed by atoms with Crippen molar-refractivity contribution in [1.29, 1.82) is 0 Å². The zero-order chi connectivity index (χ0) is 20.7. The zero-order valence-corrected chi connectivity index (χ0v) is 15.5. The van der Waals surface area contributed by atoms with Gasteiger partial charge in [-0.25, -0.2) is 13.8 Å². The number of anilines is 1. The third kappa shape index (κ3) is 4.34. The molecule has 1 N–H and O–H groups in total. The maximum atomic E-state index is 13.7. The lowest BCUT2D eigenvalue weighted by Gasteiger charge is -2.26. The van der Waals surface area contributed by atoms with Gasteiger partial charge in [-0.05, 0) is 31.9 Å². The highest BCUT2D eigenvalue weighted by molar-refractivity contribution is 5.74. The molecule has 1 fully saturated rings. The van der Waals surface area contributed by atoms with Crippen molar-refractivity contribution >= 4 is 5.82 Å². The molecule has 0 unspecified atom stereocenters. The van der Waals surface area contributed by atoms with E-state index >= 15 is 0 Å². The normalized spacial score (nSPS) is 17.5. The van der Waals surface area contributed by atoms with Gasteiger partial charge in [-0.3, -0.25) is 4.79 Å². The predicted molar refractivity (Wildman–Crippen MR) is 95.8 cm³/mol. The number of alkyl halides is 5. The maximum Gasteiger partial charge on any atom is 0.433 e. The van der Waals surface area contributed by atoms with Gasteiger partial charge in [0.05, 0.1) is 5.69 Å². The van der Waals surface area contributed by atoms with Crippen molar-refractivity contribution in [2.24, 2.45) is 0 Å². The van der Waals surface area contributed by atoms with Crippen molar-refractivity contribution in [2.45, 2.75) is 45.2 Å². The number of nitrogens with zero attached hydrogens (tertiary/aromatic N) is 2. The van der Waals surface area contributed by atoms with Crippen LogP contribution in [-0.4, -0.2) is 29.0 Å². The van der Waals surface area contributed by atoms with Crippen LogP contribution in [0.4, 0.5) is 27.8 Å². The van der Waals surface area contributed by atoms with Crippen LogP contribution in [0.25, 0.3) is 11.3 Å². The summed E-state index contributed by atoms with van der Waals surface area (Å²) >= 11 is 0. The van der Waals surface area contributed by atoms with Gasteiger partial charge in [-0.1, -0.05) is 0 Å². The van der Waals surface area contributed by atoms with Crippen LogP contribution < -0.4 is 10.3 Å². The summed E-state index contributed by atoms with van der Waals surface area (Å²) in [6.45, 7) is 2.98. The third-order valence-corrected chi connectivity index (χ3v) is 4.75. The molecule has 1 saturated heterocycles. The third-order valence-electron chi connectivity index (χ3n) is 4.75. The fraction of sp³-hybridized carbons (Fsp3) is 0.474. The molecule has 0 atom stereocenters.